The van der Waals surface area contributed by atoms with Gasteiger partial charge >= 0.3 is 0 Å². The Morgan fingerprint density at radius 2 is 2.13 bits per heavy atom. The quantitative estimate of drug-likeness (QED) is 0.889. The number of rotatable bonds is 5. The molecule has 23 heavy (non-hydrogen) atoms. The topological polar surface area (TPSA) is 63.2 Å². The zero-order valence-corrected chi connectivity index (χ0v) is 12.5. The van der Waals surface area contributed by atoms with E-state index in [1.807, 2.05) is 0 Å². The highest BCUT2D eigenvalue weighted by Gasteiger charge is 2.23. The predicted octanol–water partition coefficient (Wildman–Crippen LogP) is 2.30. The molecule has 0 bridgehead atoms. The van der Waals surface area contributed by atoms with Crippen LogP contribution in [0.25, 0.3) is 0 Å². The third-order valence-electron chi connectivity index (χ3n) is 3.66. The van der Waals surface area contributed by atoms with E-state index in [1.165, 1.54) is 0 Å². The highest BCUT2D eigenvalue weighted by molar-refractivity contribution is 5.94. The van der Waals surface area contributed by atoms with Crippen molar-refractivity contribution >= 4 is 5.91 Å². The molecule has 0 saturated carbocycles. The molecule has 3 rings (SSSR count). The van der Waals surface area contributed by atoms with Crippen LogP contribution in [0.15, 0.2) is 48.8 Å². The Bertz CT molecular complexity index is 666. The van der Waals surface area contributed by atoms with Gasteiger partial charge in [-0.3, -0.25) is 9.78 Å². The van der Waals surface area contributed by atoms with Gasteiger partial charge in [0.1, 0.15) is 17.7 Å². The number of carbonyl (C=O) groups excluding carboxylic acids is 1. The van der Waals surface area contributed by atoms with Crippen LogP contribution in [0, 0.1) is 0 Å². The number of nitrogens with zero attached hydrogens (tertiary/aromatic N) is 1. The van der Waals surface area contributed by atoms with Gasteiger partial charge in [-0.2, -0.15) is 0 Å². The van der Waals surface area contributed by atoms with Gasteiger partial charge in [0.2, 0.25) is 0 Å². The van der Waals surface area contributed by atoms with Crippen molar-refractivity contribution in [1.29, 1.82) is 0 Å². The number of benzene rings is 1. The molecule has 0 spiro atoms. The summed E-state index contributed by atoms with van der Waals surface area (Å²) in [5.41, 5.74) is 0.506. The van der Waals surface area contributed by atoms with Crippen molar-refractivity contribution in [1.82, 2.24) is 15.6 Å². The standard InChI is InChI=1S/C17H18FN3O2/c18-13-9-14(20-10-13)11-21-17(22)12-2-1-3-16(8-12)23-15-4-6-19-7-5-15/h1-8,13-14,20H,9-11H2,(H,21,22)/t13-,14-/m0/s1. The first kappa shape index (κ1) is 15.4. The second-order valence-electron chi connectivity index (χ2n) is 5.46. The predicted molar refractivity (Wildman–Crippen MR) is 84.4 cm³/mol. The molecule has 1 aliphatic rings. The number of hydrogen-bond acceptors (Lipinski definition) is 4. The maximum absolute atomic E-state index is 13.1. The summed E-state index contributed by atoms with van der Waals surface area (Å²) in [4.78, 5) is 16.1. The zero-order valence-electron chi connectivity index (χ0n) is 12.5. The number of nitrogens with one attached hydrogen (secondary N) is 2. The molecule has 0 radical (unpaired) electrons. The Morgan fingerprint density at radius 3 is 2.87 bits per heavy atom. The SMILES string of the molecule is O=C(NC[C@@H]1C[C@H](F)CN1)c1cccc(Oc2ccncc2)c1. The van der Waals surface area contributed by atoms with Crippen LogP contribution in [-0.4, -0.2) is 36.2 Å². The molecular weight excluding hydrogens is 297 g/mol. The number of aromatic nitrogens is 1. The first-order chi connectivity index (χ1) is 11.2. The molecule has 1 fully saturated rings. The Kier molecular flexibility index (Phi) is 4.83. The van der Waals surface area contributed by atoms with Crippen molar-refractivity contribution in [2.45, 2.75) is 18.6 Å². The second kappa shape index (κ2) is 7.19. The molecule has 1 amide bonds. The molecule has 2 heterocycles. The molecule has 1 aliphatic heterocycles. The first-order valence-electron chi connectivity index (χ1n) is 7.54. The summed E-state index contributed by atoms with van der Waals surface area (Å²) in [6, 6.07) is 10.4. The highest BCUT2D eigenvalue weighted by Crippen LogP contribution is 2.21. The average molecular weight is 315 g/mol. The van der Waals surface area contributed by atoms with E-state index in [2.05, 4.69) is 15.6 Å². The molecule has 0 unspecified atom stereocenters. The van der Waals surface area contributed by atoms with Crippen LogP contribution >= 0.6 is 0 Å². The summed E-state index contributed by atoms with van der Waals surface area (Å²) in [5.74, 6) is 1.03. The summed E-state index contributed by atoms with van der Waals surface area (Å²) in [5, 5.41) is 5.86. The summed E-state index contributed by atoms with van der Waals surface area (Å²) in [6.45, 7) is 0.768. The lowest BCUT2D eigenvalue weighted by molar-refractivity contribution is 0.0949. The molecule has 1 aromatic carbocycles. The Hall–Kier alpha value is -2.47. The van der Waals surface area contributed by atoms with Crippen molar-refractivity contribution < 1.29 is 13.9 Å². The third kappa shape index (κ3) is 4.26. The largest absolute Gasteiger partial charge is 0.457 e. The monoisotopic (exact) mass is 315 g/mol. The average Bonchev–Trinajstić information content (AvgIpc) is 2.99. The molecule has 120 valence electrons. The summed E-state index contributed by atoms with van der Waals surface area (Å²) < 4.78 is 18.8. The lowest BCUT2D eigenvalue weighted by Crippen LogP contribution is -2.37. The minimum atomic E-state index is -0.825. The lowest BCUT2D eigenvalue weighted by Gasteiger charge is -2.12. The van der Waals surface area contributed by atoms with E-state index in [9.17, 15) is 9.18 Å². The number of halogens is 1. The minimum absolute atomic E-state index is 0.00907. The van der Waals surface area contributed by atoms with Gasteiger partial charge in [-0.25, -0.2) is 4.39 Å². The summed E-state index contributed by atoms with van der Waals surface area (Å²) in [6.07, 6.45) is 2.89. The van der Waals surface area contributed by atoms with E-state index in [0.29, 0.717) is 36.6 Å². The van der Waals surface area contributed by atoms with Crippen LogP contribution in [0.2, 0.25) is 0 Å². The van der Waals surface area contributed by atoms with Crippen molar-refractivity contribution in [3.05, 3.63) is 54.4 Å². The number of ether oxygens (including phenoxy) is 1. The van der Waals surface area contributed by atoms with Crippen LogP contribution < -0.4 is 15.4 Å². The molecule has 6 heteroatoms. The number of hydrogen-bond donors (Lipinski definition) is 2. The van der Waals surface area contributed by atoms with E-state index in [1.54, 1.807) is 48.8 Å². The zero-order chi connectivity index (χ0) is 16.1. The smallest absolute Gasteiger partial charge is 0.251 e. The maximum Gasteiger partial charge on any atom is 0.251 e. The highest BCUT2D eigenvalue weighted by atomic mass is 19.1. The maximum atomic E-state index is 13.1. The van der Waals surface area contributed by atoms with Gasteiger partial charge in [0, 0.05) is 37.1 Å². The van der Waals surface area contributed by atoms with Gasteiger partial charge < -0.3 is 15.4 Å². The summed E-state index contributed by atoms with van der Waals surface area (Å²) >= 11 is 0. The summed E-state index contributed by atoms with van der Waals surface area (Å²) in [7, 11) is 0. The van der Waals surface area contributed by atoms with Crippen molar-refractivity contribution in [3.8, 4) is 11.5 Å². The Morgan fingerprint density at radius 1 is 1.30 bits per heavy atom. The molecule has 1 aromatic heterocycles. The molecular formula is C17H18FN3O2. The number of pyridine rings is 1. The van der Waals surface area contributed by atoms with Gasteiger partial charge in [-0.05, 0) is 36.8 Å². The number of amides is 1. The van der Waals surface area contributed by atoms with E-state index < -0.39 is 6.17 Å². The van der Waals surface area contributed by atoms with Gasteiger partial charge in [-0.15, -0.1) is 0 Å². The van der Waals surface area contributed by atoms with E-state index >= 15 is 0 Å². The van der Waals surface area contributed by atoms with Crippen LogP contribution in [0.1, 0.15) is 16.8 Å². The molecule has 1 saturated heterocycles. The van der Waals surface area contributed by atoms with Gasteiger partial charge in [-0.1, -0.05) is 6.07 Å². The molecule has 2 atom stereocenters. The normalized spacial score (nSPS) is 20.2. The number of carbonyl (C=O) groups is 1. The van der Waals surface area contributed by atoms with Gasteiger partial charge in [0.15, 0.2) is 0 Å². The van der Waals surface area contributed by atoms with Gasteiger partial charge in [0.05, 0.1) is 0 Å². The van der Waals surface area contributed by atoms with Crippen molar-refractivity contribution in [2.24, 2.45) is 0 Å². The van der Waals surface area contributed by atoms with Gasteiger partial charge in [0.25, 0.3) is 5.91 Å². The van der Waals surface area contributed by atoms with E-state index in [4.69, 9.17) is 4.74 Å². The van der Waals surface area contributed by atoms with Crippen LogP contribution in [0.4, 0.5) is 4.39 Å². The van der Waals surface area contributed by atoms with Crippen molar-refractivity contribution in [3.63, 3.8) is 0 Å². The third-order valence-corrected chi connectivity index (χ3v) is 3.66. The second-order valence-corrected chi connectivity index (χ2v) is 5.46. The Balaban J connectivity index is 1.59. The lowest BCUT2D eigenvalue weighted by atomic mass is 10.2. The molecule has 2 aromatic rings. The van der Waals surface area contributed by atoms with E-state index in [-0.39, 0.29) is 11.9 Å². The van der Waals surface area contributed by atoms with Crippen LogP contribution in [0.5, 0.6) is 11.5 Å². The molecule has 0 aliphatic carbocycles. The van der Waals surface area contributed by atoms with E-state index in [0.717, 1.165) is 0 Å². The fraction of sp³-hybridized carbons (Fsp3) is 0.294. The minimum Gasteiger partial charge on any atom is -0.457 e. The number of alkyl halides is 1. The van der Waals surface area contributed by atoms with Crippen molar-refractivity contribution in [2.75, 3.05) is 13.1 Å². The first-order valence-corrected chi connectivity index (χ1v) is 7.54. The van der Waals surface area contributed by atoms with Crippen LogP contribution in [0.3, 0.4) is 0 Å². The molecule has 5 nitrogen and oxygen atoms in total. The molecule has 2 N–H and O–H groups in total. The fourth-order valence-corrected chi connectivity index (χ4v) is 2.49. The van der Waals surface area contributed by atoms with Crippen LogP contribution in [-0.2, 0) is 0 Å². The fourth-order valence-electron chi connectivity index (χ4n) is 2.49. The Labute approximate surface area is 133 Å².